The Balaban J connectivity index is 1.86. The van der Waals surface area contributed by atoms with Crippen molar-refractivity contribution in [2.24, 2.45) is 5.73 Å². The van der Waals surface area contributed by atoms with Gasteiger partial charge in [0.1, 0.15) is 0 Å². The van der Waals surface area contributed by atoms with E-state index in [4.69, 9.17) is 5.73 Å². The lowest BCUT2D eigenvalue weighted by atomic mass is 9.93. The molecule has 15 heavy (non-hydrogen) atoms. The average Bonchev–Trinajstić information content (AvgIpc) is 2.80. The summed E-state index contributed by atoms with van der Waals surface area (Å²) in [6.45, 7) is 0. The third kappa shape index (κ3) is 1.85. The van der Waals surface area contributed by atoms with Crippen molar-refractivity contribution < 1.29 is 0 Å². The molecule has 2 heteroatoms. The lowest BCUT2D eigenvalue weighted by Crippen LogP contribution is -2.23. The van der Waals surface area contributed by atoms with Crippen LogP contribution in [-0.4, -0.2) is 5.54 Å². The van der Waals surface area contributed by atoms with E-state index in [2.05, 4.69) is 34.1 Å². The monoisotopic (exact) mass is 265 g/mol. The quantitative estimate of drug-likeness (QED) is 0.872. The predicted octanol–water partition coefficient (Wildman–Crippen LogP) is 3.36. The number of hydrogen-bond donors (Lipinski definition) is 1. The minimum Gasteiger partial charge on any atom is -0.325 e. The normalized spacial score (nSPS) is 26.4. The van der Waals surface area contributed by atoms with Crippen LogP contribution in [0.4, 0.5) is 0 Å². The highest BCUT2D eigenvalue weighted by molar-refractivity contribution is 9.10. The molecule has 1 aromatic carbocycles. The second kappa shape index (κ2) is 3.33. The Labute approximate surface area is 99.2 Å². The molecule has 0 aliphatic heterocycles. The van der Waals surface area contributed by atoms with Gasteiger partial charge in [0.15, 0.2) is 0 Å². The summed E-state index contributed by atoms with van der Waals surface area (Å²) in [5, 5.41) is 0. The highest BCUT2D eigenvalue weighted by Gasteiger charge is 2.41. The first-order valence-corrected chi connectivity index (χ1v) is 6.53. The molecule has 1 nitrogen and oxygen atoms in total. The summed E-state index contributed by atoms with van der Waals surface area (Å²) in [4.78, 5) is 0. The molecule has 0 spiro atoms. The summed E-state index contributed by atoms with van der Waals surface area (Å²) in [5.41, 5.74) is 9.48. The van der Waals surface area contributed by atoms with E-state index >= 15 is 0 Å². The Kier molecular flexibility index (Phi) is 2.18. The van der Waals surface area contributed by atoms with Gasteiger partial charge in [-0.1, -0.05) is 22.0 Å². The van der Waals surface area contributed by atoms with Crippen LogP contribution in [0.1, 0.15) is 42.7 Å². The Morgan fingerprint density at radius 2 is 2.20 bits per heavy atom. The SMILES string of the molecule is NC1(CC2CCc3ccc(Br)cc32)CC1. The molecule has 80 valence electrons. The number of fused-ring (bicyclic) bond motifs is 1. The molecule has 3 rings (SSSR count). The van der Waals surface area contributed by atoms with Crippen LogP contribution in [0.3, 0.4) is 0 Å². The summed E-state index contributed by atoms with van der Waals surface area (Å²) in [6.07, 6.45) is 6.18. The third-order valence-electron chi connectivity index (χ3n) is 3.86. The zero-order valence-electron chi connectivity index (χ0n) is 8.80. The van der Waals surface area contributed by atoms with Crippen molar-refractivity contribution in [3.8, 4) is 0 Å². The van der Waals surface area contributed by atoms with Crippen LogP contribution < -0.4 is 5.73 Å². The van der Waals surface area contributed by atoms with Gasteiger partial charge < -0.3 is 5.73 Å². The highest BCUT2D eigenvalue weighted by Crippen LogP contribution is 2.46. The van der Waals surface area contributed by atoms with Crippen molar-refractivity contribution in [1.29, 1.82) is 0 Å². The minimum absolute atomic E-state index is 0.189. The van der Waals surface area contributed by atoms with Crippen LogP contribution in [0, 0.1) is 0 Å². The first-order chi connectivity index (χ1) is 7.16. The van der Waals surface area contributed by atoms with Gasteiger partial charge in [-0.05, 0) is 61.3 Å². The van der Waals surface area contributed by atoms with E-state index < -0.39 is 0 Å². The zero-order valence-corrected chi connectivity index (χ0v) is 10.4. The number of halogens is 1. The van der Waals surface area contributed by atoms with Gasteiger partial charge >= 0.3 is 0 Å². The molecule has 1 aromatic rings. The van der Waals surface area contributed by atoms with Gasteiger partial charge in [-0.3, -0.25) is 0 Å². The fraction of sp³-hybridized carbons (Fsp3) is 0.538. The molecular formula is C13H16BrN. The van der Waals surface area contributed by atoms with Crippen molar-refractivity contribution in [2.75, 3.05) is 0 Å². The molecular weight excluding hydrogens is 250 g/mol. The molecule has 1 atom stereocenters. The van der Waals surface area contributed by atoms with Crippen LogP contribution in [0.15, 0.2) is 22.7 Å². The Morgan fingerprint density at radius 1 is 1.40 bits per heavy atom. The highest BCUT2D eigenvalue weighted by atomic mass is 79.9. The van der Waals surface area contributed by atoms with Gasteiger partial charge in [-0.25, -0.2) is 0 Å². The van der Waals surface area contributed by atoms with Gasteiger partial charge in [0.2, 0.25) is 0 Å². The lowest BCUT2D eigenvalue weighted by Gasteiger charge is -2.16. The van der Waals surface area contributed by atoms with E-state index in [1.165, 1.54) is 42.1 Å². The fourth-order valence-electron chi connectivity index (χ4n) is 2.73. The maximum atomic E-state index is 6.21. The second-order valence-corrected chi connectivity index (χ2v) is 6.06. The summed E-state index contributed by atoms with van der Waals surface area (Å²) >= 11 is 3.56. The molecule has 0 aromatic heterocycles. The van der Waals surface area contributed by atoms with Crippen molar-refractivity contribution >= 4 is 15.9 Å². The Morgan fingerprint density at radius 3 is 2.93 bits per heavy atom. The first kappa shape index (κ1) is 9.86. The van der Waals surface area contributed by atoms with E-state index in [1.54, 1.807) is 5.56 Å². The van der Waals surface area contributed by atoms with E-state index in [-0.39, 0.29) is 5.54 Å². The number of benzene rings is 1. The van der Waals surface area contributed by atoms with Gasteiger partial charge in [-0.15, -0.1) is 0 Å². The molecule has 1 saturated carbocycles. The maximum Gasteiger partial charge on any atom is 0.0178 e. The van der Waals surface area contributed by atoms with Crippen LogP contribution in [-0.2, 0) is 6.42 Å². The first-order valence-electron chi connectivity index (χ1n) is 5.74. The molecule has 1 fully saturated rings. The van der Waals surface area contributed by atoms with E-state index in [9.17, 15) is 0 Å². The molecule has 0 radical (unpaired) electrons. The van der Waals surface area contributed by atoms with Gasteiger partial charge in [0.05, 0.1) is 0 Å². The number of nitrogens with two attached hydrogens (primary N) is 1. The topological polar surface area (TPSA) is 26.0 Å². The predicted molar refractivity (Wildman–Crippen MR) is 66.0 cm³/mol. The molecule has 2 aliphatic carbocycles. The lowest BCUT2D eigenvalue weighted by molar-refractivity contribution is 0.513. The zero-order chi connectivity index (χ0) is 10.5. The average molecular weight is 266 g/mol. The summed E-state index contributed by atoms with van der Waals surface area (Å²) in [5.74, 6) is 0.713. The van der Waals surface area contributed by atoms with Gasteiger partial charge in [0.25, 0.3) is 0 Å². The molecule has 0 amide bonds. The Bertz CT molecular complexity index is 396. The smallest absolute Gasteiger partial charge is 0.0178 e. The van der Waals surface area contributed by atoms with Crippen LogP contribution in [0.5, 0.6) is 0 Å². The van der Waals surface area contributed by atoms with Crippen molar-refractivity contribution in [3.63, 3.8) is 0 Å². The molecule has 2 aliphatic rings. The Hall–Kier alpha value is -0.340. The molecule has 0 saturated heterocycles. The van der Waals surface area contributed by atoms with E-state index in [0.29, 0.717) is 5.92 Å². The van der Waals surface area contributed by atoms with Crippen molar-refractivity contribution in [2.45, 2.75) is 43.6 Å². The van der Waals surface area contributed by atoms with E-state index in [1.807, 2.05) is 0 Å². The standard InChI is InChI=1S/C13H16BrN/c14-11-4-3-9-1-2-10(12(9)7-11)8-13(15)5-6-13/h3-4,7,10H,1-2,5-6,8,15H2. The van der Waals surface area contributed by atoms with Crippen molar-refractivity contribution in [1.82, 2.24) is 0 Å². The third-order valence-corrected chi connectivity index (χ3v) is 4.35. The fourth-order valence-corrected chi connectivity index (χ4v) is 3.10. The molecule has 0 bridgehead atoms. The van der Waals surface area contributed by atoms with Crippen LogP contribution in [0.25, 0.3) is 0 Å². The van der Waals surface area contributed by atoms with Gasteiger partial charge in [-0.2, -0.15) is 0 Å². The molecule has 2 N–H and O–H groups in total. The second-order valence-electron chi connectivity index (χ2n) is 5.15. The minimum atomic E-state index is 0.189. The van der Waals surface area contributed by atoms with Gasteiger partial charge in [0, 0.05) is 10.0 Å². The summed E-state index contributed by atoms with van der Waals surface area (Å²) in [6, 6.07) is 6.70. The summed E-state index contributed by atoms with van der Waals surface area (Å²) < 4.78 is 1.20. The number of hydrogen-bond acceptors (Lipinski definition) is 1. The molecule has 0 heterocycles. The van der Waals surface area contributed by atoms with Crippen LogP contribution in [0.2, 0.25) is 0 Å². The van der Waals surface area contributed by atoms with Crippen molar-refractivity contribution in [3.05, 3.63) is 33.8 Å². The largest absolute Gasteiger partial charge is 0.325 e. The maximum absolute atomic E-state index is 6.21. The molecule has 1 unspecified atom stereocenters. The number of rotatable bonds is 2. The number of aryl methyl sites for hydroxylation is 1. The summed E-state index contributed by atoms with van der Waals surface area (Å²) in [7, 11) is 0. The van der Waals surface area contributed by atoms with E-state index in [0.717, 1.165) is 0 Å². The van der Waals surface area contributed by atoms with Crippen LogP contribution >= 0.6 is 15.9 Å².